The molecule has 0 spiro atoms. The van der Waals surface area contributed by atoms with Crippen molar-refractivity contribution in [1.82, 2.24) is 15.3 Å². The average Bonchev–Trinajstić information content (AvgIpc) is 2.84. The molecule has 1 fully saturated rings. The molecule has 0 bridgehead atoms. The maximum Gasteiger partial charge on any atom is 0.338 e. The molecular formula is C15H19Cl2N3O3. The fourth-order valence-corrected chi connectivity index (χ4v) is 2.88. The van der Waals surface area contributed by atoms with Crippen molar-refractivity contribution in [2.24, 2.45) is 0 Å². The maximum absolute atomic E-state index is 12.7. The number of halogens is 2. The van der Waals surface area contributed by atoms with Crippen molar-refractivity contribution in [2.45, 2.75) is 37.3 Å². The standard InChI is InChI=1S/C15H19Cl2N3O3/c1-15(2,3)19-12(11(16)17)20(18-14(19)22)13(21)9-5-7-10(23-4)8-6-9/h5-8,11-12H,1-4H3,(H,18,22). The molecular weight excluding hydrogens is 341 g/mol. The molecule has 1 N–H and O–H groups in total. The number of ether oxygens (including phenoxy) is 1. The van der Waals surface area contributed by atoms with E-state index in [0.717, 1.165) is 0 Å². The largest absolute Gasteiger partial charge is 0.497 e. The second-order valence-electron chi connectivity index (χ2n) is 6.11. The molecule has 1 saturated heterocycles. The molecule has 2 rings (SSSR count). The van der Waals surface area contributed by atoms with Gasteiger partial charge in [0.05, 0.1) is 7.11 Å². The Morgan fingerprint density at radius 2 is 1.83 bits per heavy atom. The van der Waals surface area contributed by atoms with Gasteiger partial charge >= 0.3 is 6.03 Å². The molecule has 1 heterocycles. The molecule has 23 heavy (non-hydrogen) atoms. The van der Waals surface area contributed by atoms with Crippen LogP contribution < -0.4 is 10.2 Å². The number of hydrogen-bond acceptors (Lipinski definition) is 3. The van der Waals surface area contributed by atoms with Crippen LogP contribution in [0.25, 0.3) is 0 Å². The molecule has 0 saturated carbocycles. The lowest BCUT2D eigenvalue weighted by molar-refractivity contribution is 0.0472. The molecule has 1 unspecified atom stereocenters. The van der Waals surface area contributed by atoms with Crippen LogP contribution >= 0.6 is 23.2 Å². The van der Waals surface area contributed by atoms with E-state index in [9.17, 15) is 9.59 Å². The number of amides is 3. The third kappa shape index (κ3) is 3.48. The quantitative estimate of drug-likeness (QED) is 0.843. The van der Waals surface area contributed by atoms with E-state index in [-0.39, 0.29) is 0 Å². The monoisotopic (exact) mass is 359 g/mol. The van der Waals surface area contributed by atoms with E-state index in [4.69, 9.17) is 27.9 Å². The molecule has 0 aliphatic carbocycles. The molecule has 0 aromatic heterocycles. The first kappa shape index (κ1) is 17.7. The van der Waals surface area contributed by atoms with Crippen LogP contribution in [0, 0.1) is 0 Å². The van der Waals surface area contributed by atoms with Crippen molar-refractivity contribution in [3.05, 3.63) is 29.8 Å². The number of urea groups is 1. The van der Waals surface area contributed by atoms with Gasteiger partial charge in [0, 0.05) is 11.1 Å². The van der Waals surface area contributed by atoms with Gasteiger partial charge in [-0.25, -0.2) is 15.2 Å². The minimum absolute atomic E-state index is 0.390. The summed E-state index contributed by atoms with van der Waals surface area (Å²) in [6.07, 6.45) is -0.805. The molecule has 1 aromatic rings. The fourth-order valence-electron chi connectivity index (χ4n) is 2.43. The molecule has 1 aromatic carbocycles. The Bertz CT molecular complexity index is 599. The van der Waals surface area contributed by atoms with Crippen LogP contribution in [0.1, 0.15) is 31.1 Å². The molecule has 1 aliphatic rings. The van der Waals surface area contributed by atoms with Crippen LogP contribution in [-0.2, 0) is 0 Å². The summed E-state index contributed by atoms with van der Waals surface area (Å²) in [4.78, 5) is 25.5. The molecule has 8 heteroatoms. The zero-order chi connectivity index (χ0) is 17.4. The Morgan fingerprint density at radius 1 is 1.26 bits per heavy atom. The van der Waals surface area contributed by atoms with Gasteiger partial charge in [-0.1, -0.05) is 0 Å². The third-order valence-corrected chi connectivity index (χ3v) is 3.92. The third-order valence-electron chi connectivity index (χ3n) is 3.47. The van der Waals surface area contributed by atoms with Crippen LogP contribution in [0.5, 0.6) is 5.75 Å². The lowest BCUT2D eigenvalue weighted by Crippen LogP contribution is -2.53. The molecule has 3 amide bonds. The second kappa shape index (κ2) is 6.45. The highest BCUT2D eigenvalue weighted by Gasteiger charge is 2.48. The molecule has 1 atom stereocenters. The summed E-state index contributed by atoms with van der Waals surface area (Å²) in [7, 11) is 1.54. The lowest BCUT2D eigenvalue weighted by atomic mass is 10.1. The summed E-state index contributed by atoms with van der Waals surface area (Å²) in [6.45, 7) is 5.53. The number of carbonyl (C=O) groups is 2. The van der Waals surface area contributed by atoms with Crippen molar-refractivity contribution >= 4 is 35.1 Å². The van der Waals surface area contributed by atoms with E-state index in [1.165, 1.54) is 9.91 Å². The summed E-state index contributed by atoms with van der Waals surface area (Å²) in [5, 5.41) is 1.17. The van der Waals surface area contributed by atoms with E-state index in [1.807, 2.05) is 20.8 Å². The number of benzene rings is 1. The number of carbonyl (C=O) groups excluding carboxylic acids is 2. The summed E-state index contributed by atoms with van der Waals surface area (Å²) in [5.41, 5.74) is 2.38. The van der Waals surface area contributed by atoms with E-state index in [2.05, 4.69) is 5.43 Å². The number of hydrazine groups is 1. The molecule has 0 radical (unpaired) electrons. The zero-order valence-electron chi connectivity index (χ0n) is 13.3. The number of nitrogens with zero attached hydrogens (tertiary/aromatic N) is 2. The van der Waals surface area contributed by atoms with E-state index < -0.39 is 28.5 Å². The van der Waals surface area contributed by atoms with Crippen molar-refractivity contribution < 1.29 is 14.3 Å². The smallest absolute Gasteiger partial charge is 0.338 e. The van der Waals surface area contributed by atoms with Gasteiger partial charge in [0.2, 0.25) is 0 Å². The van der Waals surface area contributed by atoms with Crippen LogP contribution in [0.4, 0.5) is 4.79 Å². The highest BCUT2D eigenvalue weighted by atomic mass is 35.5. The van der Waals surface area contributed by atoms with Crippen molar-refractivity contribution in [3.8, 4) is 5.75 Å². The Hall–Kier alpha value is -1.66. The SMILES string of the molecule is COc1ccc(C(=O)N2NC(=O)N(C(C)(C)C)C2C(Cl)Cl)cc1. The van der Waals surface area contributed by atoms with E-state index in [1.54, 1.807) is 31.4 Å². The predicted molar refractivity (Wildman–Crippen MR) is 88.6 cm³/mol. The summed E-state index contributed by atoms with van der Waals surface area (Å²) in [6, 6.07) is 6.14. The van der Waals surface area contributed by atoms with Gasteiger partial charge in [-0.05, 0) is 45.0 Å². The van der Waals surface area contributed by atoms with Gasteiger partial charge in [-0.2, -0.15) is 0 Å². The van der Waals surface area contributed by atoms with E-state index in [0.29, 0.717) is 11.3 Å². The van der Waals surface area contributed by atoms with Gasteiger partial charge in [-0.15, -0.1) is 23.2 Å². The molecule has 1 aliphatic heterocycles. The Morgan fingerprint density at radius 3 is 2.26 bits per heavy atom. The van der Waals surface area contributed by atoms with Gasteiger partial charge in [0.25, 0.3) is 5.91 Å². The predicted octanol–water partition coefficient (Wildman–Crippen LogP) is 3.01. The van der Waals surface area contributed by atoms with Gasteiger partial charge in [-0.3, -0.25) is 9.69 Å². The van der Waals surface area contributed by atoms with Crippen LogP contribution in [0.15, 0.2) is 24.3 Å². The topological polar surface area (TPSA) is 61.9 Å². The van der Waals surface area contributed by atoms with E-state index >= 15 is 0 Å². The first-order chi connectivity index (χ1) is 10.7. The zero-order valence-corrected chi connectivity index (χ0v) is 14.9. The summed E-state index contributed by atoms with van der Waals surface area (Å²) >= 11 is 12.1. The Balaban J connectivity index is 2.33. The van der Waals surface area contributed by atoms with Gasteiger partial charge < -0.3 is 4.74 Å². The number of nitrogens with one attached hydrogen (secondary N) is 1. The van der Waals surface area contributed by atoms with Crippen LogP contribution in [-0.4, -0.2) is 45.5 Å². The van der Waals surface area contributed by atoms with Crippen LogP contribution in [0.3, 0.4) is 0 Å². The Kier molecular flexibility index (Phi) is 4.96. The lowest BCUT2D eigenvalue weighted by Gasteiger charge is -2.37. The maximum atomic E-state index is 12.7. The van der Waals surface area contributed by atoms with Crippen molar-refractivity contribution in [2.75, 3.05) is 7.11 Å². The minimum Gasteiger partial charge on any atom is -0.497 e. The van der Waals surface area contributed by atoms with Gasteiger partial charge in [0.15, 0.2) is 6.17 Å². The summed E-state index contributed by atoms with van der Waals surface area (Å²) < 4.78 is 5.07. The first-order valence-corrected chi connectivity index (χ1v) is 7.90. The van der Waals surface area contributed by atoms with Crippen molar-refractivity contribution in [3.63, 3.8) is 0 Å². The van der Waals surface area contributed by atoms with Crippen LogP contribution in [0.2, 0.25) is 0 Å². The van der Waals surface area contributed by atoms with Gasteiger partial charge in [0.1, 0.15) is 10.6 Å². The highest BCUT2D eigenvalue weighted by molar-refractivity contribution is 6.45. The number of alkyl halides is 2. The highest BCUT2D eigenvalue weighted by Crippen LogP contribution is 2.30. The second-order valence-corrected chi connectivity index (χ2v) is 7.27. The number of rotatable bonds is 3. The number of methoxy groups -OCH3 is 1. The first-order valence-electron chi connectivity index (χ1n) is 7.02. The normalized spacial score (nSPS) is 18.4. The molecule has 126 valence electrons. The number of hydrogen-bond donors (Lipinski definition) is 1. The fraction of sp³-hybridized carbons (Fsp3) is 0.467. The average molecular weight is 360 g/mol. The minimum atomic E-state index is -0.963. The summed E-state index contributed by atoms with van der Waals surface area (Å²) in [5.74, 6) is 0.233. The van der Waals surface area contributed by atoms with Crippen molar-refractivity contribution in [1.29, 1.82) is 0 Å². The molecule has 6 nitrogen and oxygen atoms in total. The Labute approximate surface area is 145 Å².